The molecule has 0 aromatic heterocycles. The predicted octanol–water partition coefficient (Wildman–Crippen LogP) is 5.96. The lowest BCUT2D eigenvalue weighted by atomic mass is 9.99. The van der Waals surface area contributed by atoms with Gasteiger partial charge in [-0.2, -0.15) is 8.42 Å². The van der Waals surface area contributed by atoms with Crippen molar-refractivity contribution in [2.45, 2.75) is 179 Å². The van der Waals surface area contributed by atoms with Gasteiger partial charge in [-0.25, -0.2) is 4.18 Å². The Hall–Kier alpha value is -1.16. The fraction of sp³-hybridized carbons (Fsp3) is 0.914. The molecular weight excluding hydrogens is 644 g/mol. The minimum absolute atomic E-state index is 0.0347. The van der Waals surface area contributed by atoms with Crippen LogP contribution in [-0.2, 0) is 38.3 Å². The van der Waals surface area contributed by atoms with Crippen LogP contribution in [0.3, 0.4) is 0 Å². The molecule has 0 aromatic rings. The Balaban J connectivity index is 2.46. The highest BCUT2D eigenvalue weighted by atomic mass is 32.3. The number of hydrogen-bond donors (Lipinski definition) is 4. The molecule has 1 aliphatic rings. The van der Waals surface area contributed by atoms with E-state index in [1.54, 1.807) is 0 Å². The molecule has 6 atom stereocenters. The molecule has 1 rings (SSSR count). The zero-order chi connectivity index (χ0) is 35.5. The number of unbranched alkanes of at least 4 members (excludes halogenated alkanes) is 16. The van der Waals surface area contributed by atoms with Crippen molar-refractivity contribution in [1.82, 2.24) is 0 Å². The molecule has 0 radical (unpaired) electrons. The standard InChI is InChI=1S/C35H66O12S/c1-3-5-7-9-11-12-13-14-15-16-17-18-19-21-23-25-43-27-29(45-31(37)24-22-20-10-8-6-4-2)28-44-35-33(39)34(47-48(40,41)42)32(38)30(26-36)46-35/h13-14,29-30,32-36,38-39H,3-12,15-28H2,1-2H3,(H,40,41,42)/b14-13-. The van der Waals surface area contributed by atoms with Crippen LogP contribution in [-0.4, -0.2) is 97.5 Å². The summed E-state index contributed by atoms with van der Waals surface area (Å²) in [5.74, 6) is -0.411. The molecule has 0 aromatic carbocycles. The maximum Gasteiger partial charge on any atom is 0.397 e. The van der Waals surface area contributed by atoms with E-state index in [0.717, 1.165) is 57.8 Å². The molecule has 0 aliphatic carbocycles. The molecule has 1 heterocycles. The third-order valence-electron chi connectivity index (χ3n) is 8.39. The molecule has 13 heteroatoms. The Bertz CT molecular complexity index is 915. The first-order chi connectivity index (χ1) is 23.1. The summed E-state index contributed by atoms with van der Waals surface area (Å²) in [7, 11) is -5.05. The van der Waals surface area contributed by atoms with Gasteiger partial charge in [0, 0.05) is 13.0 Å². The minimum Gasteiger partial charge on any atom is -0.457 e. The van der Waals surface area contributed by atoms with Gasteiger partial charge in [-0.1, -0.05) is 109 Å². The van der Waals surface area contributed by atoms with Gasteiger partial charge in [0.15, 0.2) is 6.29 Å². The van der Waals surface area contributed by atoms with Crippen molar-refractivity contribution < 1.29 is 56.2 Å². The van der Waals surface area contributed by atoms with Crippen molar-refractivity contribution in [2.24, 2.45) is 0 Å². The Labute approximate surface area is 289 Å². The number of aliphatic hydroxyl groups is 3. The maximum absolute atomic E-state index is 12.6. The normalized spacial score (nSPS) is 22.3. The highest BCUT2D eigenvalue weighted by Gasteiger charge is 2.48. The third kappa shape index (κ3) is 22.5. The van der Waals surface area contributed by atoms with Crippen LogP contribution in [0.1, 0.15) is 142 Å². The smallest absolute Gasteiger partial charge is 0.397 e. The molecule has 1 aliphatic heterocycles. The van der Waals surface area contributed by atoms with Gasteiger partial charge in [0.05, 0.1) is 19.8 Å². The average molecular weight is 711 g/mol. The molecule has 12 nitrogen and oxygen atoms in total. The topological polar surface area (TPSA) is 178 Å². The second kappa shape index (κ2) is 28.5. The third-order valence-corrected chi connectivity index (χ3v) is 8.85. The molecule has 284 valence electrons. The monoisotopic (exact) mass is 710 g/mol. The molecule has 0 amide bonds. The molecule has 48 heavy (non-hydrogen) atoms. The molecule has 0 spiro atoms. The van der Waals surface area contributed by atoms with Crippen molar-refractivity contribution in [3.05, 3.63) is 12.2 Å². The number of carbonyl (C=O) groups excluding carboxylic acids is 1. The number of aliphatic hydroxyl groups excluding tert-OH is 3. The Morgan fingerprint density at radius 2 is 1.31 bits per heavy atom. The highest BCUT2D eigenvalue weighted by Crippen LogP contribution is 2.26. The Morgan fingerprint density at radius 3 is 1.88 bits per heavy atom. The van der Waals surface area contributed by atoms with E-state index in [0.29, 0.717) is 13.0 Å². The lowest BCUT2D eigenvalue weighted by molar-refractivity contribution is -0.301. The van der Waals surface area contributed by atoms with Gasteiger partial charge in [0.25, 0.3) is 0 Å². The number of ether oxygens (including phenoxy) is 4. The van der Waals surface area contributed by atoms with E-state index < -0.39 is 59.8 Å². The van der Waals surface area contributed by atoms with Gasteiger partial charge < -0.3 is 34.3 Å². The molecule has 4 N–H and O–H groups in total. The largest absolute Gasteiger partial charge is 0.457 e. The Morgan fingerprint density at radius 1 is 0.771 bits per heavy atom. The zero-order valence-corrected chi connectivity index (χ0v) is 30.4. The van der Waals surface area contributed by atoms with E-state index in [9.17, 15) is 28.5 Å². The van der Waals surface area contributed by atoms with Crippen LogP contribution in [0.4, 0.5) is 0 Å². The highest BCUT2D eigenvalue weighted by molar-refractivity contribution is 7.80. The van der Waals surface area contributed by atoms with Gasteiger partial charge in [-0.15, -0.1) is 0 Å². The van der Waals surface area contributed by atoms with E-state index in [-0.39, 0.29) is 19.6 Å². The number of rotatable bonds is 31. The SMILES string of the molecule is CCCCCCC/C=C\CCCCCCCCOCC(COC1OC(CO)C(O)C(OS(=O)(=O)O)C1O)OC(=O)CCCCCCCC. The molecular formula is C35H66O12S. The van der Waals surface area contributed by atoms with Gasteiger partial charge in [0.1, 0.15) is 30.5 Å². The Kier molecular flexibility index (Phi) is 26.7. The zero-order valence-electron chi connectivity index (χ0n) is 29.6. The van der Waals surface area contributed by atoms with Crippen LogP contribution in [0, 0.1) is 0 Å². The fourth-order valence-electron chi connectivity index (χ4n) is 5.55. The predicted molar refractivity (Wildman–Crippen MR) is 184 cm³/mol. The summed E-state index contributed by atoms with van der Waals surface area (Å²) in [4.78, 5) is 12.6. The lowest BCUT2D eigenvalue weighted by Crippen LogP contribution is -2.60. The van der Waals surface area contributed by atoms with Crippen molar-refractivity contribution in [3.8, 4) is 0 Å². The fourth-order valence-corrected chi connectivity index (χ4v) is 6.06. The summed E-state index contributed by atoms with van der Waals surface area (Å²) in [6, 6.07) is 0. The van der Waals surface area contributed by atoms with Crippen LogP contribution < -0.4 is 0 Å². The van der Waals surface area contributed by atoms with Gasteiger partial charge in [0.2, 0.25) is 0 Å². The summed E-state index contributed by atoms with van der Waals surface area (Å²) >= 11 is 0. The van der Waals surface area contributed by atoms with Gasteiger partial charge in [-0.05, 0) is 38.5 Å². The second-order valence-electron chi connectivity index (χ2n) is 12.8. The molecule has 6 unspecified atom stereocenters. The summed E-state index contributed by atoms with van der Waals surface area (Å²) < 4.78 is 58.5. The molecule has 0 saturated carbocycles. The lowest BCUT2D eigenvalue weighted by Gasteiger charge is -2.41. The average Bonchev–Trinajstić information content (AvgIpc) is 3.05. The number of esters is 1. The van der Waals surface area contributed by atoms with E-state index in [2.05, 4.69) is 30.2 Å². The summed E-state index contributed by atoms with van der Waals surface area (Å²) in [5.41, 5.74) is 0. The second-order valence-corrected chi connectivity index (χ2v) is 13.9. The van der Waals surface area contributed by atoms with E-state index in [1.807, 2.05) is 0 Å². The minimum atomic E-state index is -5.05. The van der Waals surface area contributed by atoms with Crippen LogP contribution >= 0.6 is 0 Å². The summed E-state index contributed by atoms with van der Waals surface area (Å²) in [6.45, 7) is 3.87. The number of hydrogen-bond acceptors (Lipinski definition) is 11. The summed E-state index contributed by atoms with van der Waals surface area (Å²) in [5, 5.41) is 30.4. The van der Waals surface area contributed by atoms with E-state index in [1.165, 1.54) is 57.8 Å². The summed E-state index contributed by atoms with van der Waals surface area (Å²) in [6.07, 6.45) is 17.2. The molecule has 0 bridgehead atoms. The maximum atomic E-state index is 12.6. The molecule has 1 saturated heterocycles. The van der Waals surface area contributed by atoms with Crippen molar-refractivity contribution in [2.75, 3.05) is 26.4 Å². The van der Waals surface area contributed by atoms with Crippen molar-refractivity contribution in [3.63, 3.8) is 0 Å². The van der Waals surface area contributed by atoms with Crippen LogP contribution in [0.15, 0.2) is 12.2 Å². The van der Waals surface area contributed by atoms with Crippen LogP contribution in [0.25, 0.3) is 0 Å². The number of allylic oxidation sites excluding steroid dienone is 2. The first kappa shape index (κ1) is 44.9. The van der Waals surface area contributed by atoms with Crippen LogP contribution in [0.5, 0.6) is 0 Å². The van der Waals surface area contributed by atoms with Crippen molar-refractivity contribution in [1.29, 1.82) is 0 Å². The van der Waals surface area contributed by atoms with Gasteiger partial charge in [-0.3, -0.25) is 9.35 Å². The van der Waals surface area contributed by atoms with Crippen LogP contribution in [0.2, 0.25) is 0 Å². The number of carbonyl (C=O) groups is 1. The quantitative estimate of drug-likeness (QED) is 0.0288. The first-order valence-electron chi connectivity index (χ1n) is 18.4. The molecule has 1 fully saturated rings. The first-order valence-corrected chi connectivity index (χ1v) is 19.8. The van der Waals surface area contributed by atoms with E-state index in [4.69, 9.17) is 23.5 Å². The van der Waals surface area contributed by atoms with E-state index >= 15 is 0 Å². The van der Waals surface area contributed by atoms with Crippen molar-refractivity contribution >= 4 is 16.4 Å². The van der Waals surface area contributed by atoms with Gasteiger partial charge >= 0.3 is 16.4 Å².